The van der Waals surface area contributed by atoms with Crippen molar-refractivity contribution in [2.24, 2.45) is 0 Å². The first-order chi connectivity index (χ1) is 17.4. The number of hydrogen-bond acceptors (Lipinski definition) is 4. The van der Waals surface area contributed by atoms with Crippen LogP contribution in [0.4, 0.5) is 5.69 Å². The summed E-state index contributed by atoms with van der Waals surface area (Å²) in [7, 11) is -3.87. The van der Waals surface area contributed by atoms with Crippen molar-refractivity contribution in [2.45, 2.75) is 64.6 Å². The minimum atomic E-state index is -3.87. The van der Waals surface area contributed by atoms with Crippen molar-refractivity contribution >= 4 is 62.3 Å². The molecule has 202 valence electrons. The molecule has 2 amide bonds. The first kappa shape index (κ1) is 29.6. The average Bonchev–Trinajstić information content (AvgIpc) is 3.33. The maximum absolute atomic E-state index is 13.9. The number of sulfonamides is 1. The van der Waals surface area contributed by atoms with Gasteiger partial charge in [-0.05, 0) is 56.0 Å². The Hall–Kier alpha value is -2.00. The number of amides is 2. The highest BCUT2D eigenvalue weighted by atomic mass is 35.5. The number of nitrogens with one attached hydrogen (secondary N) is 1. The number of rotatable bonds is 10. The summed E-state index contributed by atoms with van der Waals surface area (Å²) in [4.78, 5) is 28.6. The third kappa shape index (κ3) is 7.31. The number of halogens is 3. The third-order valence-corrected chi connectivity index (χ3v) is 8.91. The summed E-state index contributed by atoms with van der Waals surface area (Å²) in [6.45, 7) is 2.92. The molecular weight excluding hydrogens is 557 g/mol. The summed E-state index contributed by atoms with van der Waals surface area (Å²) in [5.41, 5.74) is 1.30. The lowest BCUT2D eigenvalue weighted by Crippen LogP contribution is -2.53. The molecule has 1 aliphatic carbocycles. The van der Waals surface area contributed by atoms with Gasteiger partial charge in [-0.15, -0.1) is 0 Å². The zero-order valence-corrected chi connectivity index (χ0v) is 24.2. The lowest BCUT2D eigenvalue weighted by molar-refractivity contribution is -0.140. The van der Waals surface area contributed by atoms with E-state index in [1.165, 1.54) is 4.90 Å². The molecule has 7 nitrogen and oxygen atoms in total. The fraction of sp³-hybridized carbons (Fsp3) is 0.462. The summed E-state index contributed by atoms with van der Waals surface area (Å²) in [6, 6.07) is 9.08. The number of carbonyl (C=O) groups excluding carboxylic acids is 2. The van der Waals surface area contributed by atoms with Gasteiger partial charge in [0.15, 0.2) is 0 Å². The van der Waals surface area contributed by atoms with Gasteiger partial charge in [0.25, 0.3) is 0 Å². The van der Waals surface area contributed by atoms with Crippen LogP contribution in [0.25, 0.3) is 0 Å². The van der Waals surface area contributed by atoms with Crippen LogP contribution in [0.1, 0.15) is 50.2 Å². The number of hydrogen-bond donors (Lipinski definition) is 1. The van der Waals surface area contributed by atoms with Gasteiger partial charge < -0.3 is 10.2 Å². The van der Waals surface area contributed by atoms with E-state index in [0.29, 0.717) is 38.3 Å². The summed E-state index contributed by atoms with van der Waals surface area (Å²) >= 11 is 19.1. The predicted molar refractivity (Wildman–Crippen MR) is 150 cm³/mol. The van der Waals surface area contributed by atoms with Crippen molar-refractivity contribution in [3.8, 4) is 0 Å². The molecule has 0 aliphatic heterocycles. The van der Waals surface area contributed by atoms with Crippen LogP contribution < -0.4 is 9.62 Å². The molecule has 11 heteroatoms. The van der Waals surface area contributed by atoms with E-state index in [1.807, 2.05) is 6.92 Å². The van der Waals surface area contributed by atoms with E-state index in [2.05, 4.69) is 5.32 Å². The first-order valence-electron chi connectivity index (χ1n) is 12.2. The Morgan fingerprint density at radius 2 is 1.59 bits per heavy atom. The monoisotopic (exact) mass is 587 g/mol. The summed E-state index contributed by atoms with van der Waals surface area (Å²) in [5.74, 6) is -0.843. The summed E-state index contributed by atoms with van der Waals surface area (Å²) in [5, 5.41) is 4.14. The molecule has 1 atom stereocenters. The van der Waals surface area contributed by atoms with Gasteiger partial charge in [0.2, 0.25) is 21.8 Å². The third-order valence-electron chi connectivity index (χ3n) is 6.66. The van der Waals surface area contributed by atoms with E-state index in [9.17, 15) is 18.0 Å². The molecular formula is C26H32Cl3N3O4S. The Balaban J connectivity index is 2.00. The molecule has 3 rings (SSSR count). The van der Waals surface area contributed by atoms with Gasteiger partial charge in [-0.25, -0.2) is 8.42 Å². The van der Waals surface area contributed by atoms with E-state index in [0.717, 1.165) is 36.2 Å². The maximum Gasteiger partial charge on any atom is 0.244 e. The quantitative estimate of drug-likeness (QED) is 0.392. The highest BCUT2D eigenvalue weighted by Gasteiger charge is 2.34. The minimum Gasteiger partial charge on any atom is -0.352 e. The van der Waals surface area contributed by atoms with Crippen LogP contribution in [0.5, 0.6) is 0 Å². The largest absolute Gasteiger partial charge is 0.352 e. The van der Waals surface area contributed by atoms with Gasteiger partial charge in [0.1, 0.15) is 12.6 Å². The predicted octanol–water partition coefficient (Wildman–Crippen LogP) is 5.59. The van der Waals surface area contributed by atoms with Crippen LogP contribution >= 0.6 is 34.8 Å². The normalized spacial score (nSPS) is 14.9. The summed E-state index contributed by atoms with van der Waals surface area (Å²) < 4.78 is 26.6. The molecule has 0 radical (unpaired) electrons. The molecule has 0 spiro atoms. The van der Waals surface area contributed by atoms with Crippen molar-refractivity contribution in [1.82, 2.24) is 10.2 Å². The second-order valence-electron chi connectivity index (χ2n) is 9.29. The molecule has 0 unspecified atom stereocenters. The van der Waals surface area contributed by atoms with Gasteiger partial charge in [-0.3, -0.25) is 13.9 Å². The van der Waals surface area contributed by atoms with Crippen LogP contribution in [-0.2, 0) is 26.2 Å². The van der Waals surface area contributed by atoms with Crippen molar-refractivity contribution in [2.75, 3.05) is 17.1 Å². The Kier molecular flexibility index (Phi) is 10.1. The average molecular weight is 589 g/mol. The van der Waals surface area contributed by atoms with E-state index < -0.39 is 28.5 Å². The molecule has 37 heavy (non-hydrogen) atoms. The van der Waals surface area contributed by atoms with Gasteiger partial charge in [-0.2, -0.15) is 0 Å². The smallest absolute Gasteiger partial charge is 0.244 e. The lowest BCUT2D eigenvalue weighted by Gasteiger charge is -2.34. The zero-order valence-electron chi connectivity index (χ0n) is 21.1. The van der Waals surface area contributed by atoms with E-state index in [4.69, 9.17) is 34.8 Å². The zero-order chi connectivity index (χ0) is 27.3. The van der Waals surface area contributed by atoms with Gasteiger partial charge in [-0.1, -0.05) is 66.7 Å². The molecule has 1 saturated carbocycles. The molecule has 1 N–H and O–H groups in total. The molecule has 0 bridgehead atoms. The Labute approximate surface area is 234 Å². The molecule has 0 aromatic heterocycles. The van der Waals surface area contributed by atoms with Gasteiger partial charge >= 0.3 is 0 Å². The summed E-state index contributed by atoms with van der Waals surface area (Å²) in [6.07, 6.45) is 5.22. The molecule has 1 fully saturated rings. The highest BCUT2D eigenvalue weighted by Crippen LogP contribution is 2.30. The van der Waals surface area contributed by atoms with E-state index >= 15 is 0 Å². The van der Waals surface area contributed by atoms with Crippen LogP contribution in [0, 0.1) is 6.92 Å². The number of benzene rings is 2. The van der Waals surface area contributed by atoms with Crippen LogP contribution in [0.2, 0.25) is 15.1 Å². The number of carbonyl (C=O) groups is 2. The molecule has 2 aromatic carbocycles. The van der Waals surface area contributed by atoms with E-state index in [1.54, 1.807) is 43.3 Å². The second kappa shape index (κ2) is 12.7. The molecule has 0 heterocycles. The second-order valence-corrected chi connectivity index (χ2v) is 12.4. The fourth-order valence-corrected chi connectivity index (χ4v) is 6.19. The van der Waals surface area contributed by atoms with Crippen LogP contribution in [-0.4, -0.2) is 50.0 Å². The Morgan fingerprint density at radius 1 is 1.03 bits per heavy atom. The van der Waals surface area contributed by atoms with Crippen molar-refractivity contribution in [3.63, 3.8) is 0 Å². The number of nitrogens with zero attached hydrogens (tertiary/aromatic N) is 2. The molecule has 2 aromatic rings. The SMILES string of the molecule is CC[C@H](C(=O)NC1CCCC1)N(Cc1c(Cl)cccc1Cl)C(=O)CN(c1cccc(Cl)c1C)S(C)(=O)=O. The Bertz CT molecular complexity index is 1230. The van der Waals surface area contributed by atoms with Crippen molar-refractivity contribution < 1.29 is 18.0 Å². The van der Waals surface area contributed by atoms with Crippen molar-refractivity contribution in [1.29, 1.82) is 0 Å². The van der Waals surface area contributed by atoms with Gasteiger partial charge in [0.05, 0.1) is 11.9 Å². The minimum absolute atomic E-state index is 0.0555. The first-order valence-corrected chi connectivity index (χ1v) is 15.2. The van der Waals surface area contributed by atoms with Gasteiger partial charge in [0, 0.05) is 33.2 Å². The fourth-order valence-electron chi connectivity index (χ4n) is 4.60. The maximum atomic E-state index is 13.9. The molecule has 1 aliphatic rings. The van der Waals surface area contributed by atoms with Crippen LogP contribution in [0.3, 0.4) is 0 Å². The highest BCUT2D eigenvalue weighted by molar-refractivity contribution is 7.92. The van der Waals surface area contributed by atoms with Crippen molar-refractivity contribution in [3.05, 3.63) is 62.6 Å². The molecule has 0 saturated heterocycles. The standard InChI is InChI=1S/C26H32Cl3N3O4S/c1-4-23(26(34)30-18-9-5-6-10-18)31(15-19-21(28)12-7-13-22(19)29)25(33)16-32(37(3,35)36)24-14-8-11-20(27)17(24)2/h7-8,11-14,18,23H,4-6,9-10,15-16H2,1-3H3,(H,30,34)/t23-/m1/s1. The van der Waals surface area contributed by atoms with E-state index in [-0.39, 0.29) is 18.5 Å². The van der Waals surface area contributed by atoms with Crippen LogP contribution in [0.15, 0.2) is 36.4 Å². The Morgan fingerprint density at radius 3 is 2.16 bits per heavy atom. The topological polar surface area (TPSA) is 86.8 Å². The number of anilines is 1. The lowest BCUT2D eigenvalue weighted by atomic mass is 10.1.